The van der Waals surface area contributed by atoms with Gasteiger partial charge in [-0.05, 0) is 42.0 Å². The van der Waals surface area contributed by atoms with E-state index in [0.29, 0.717) is 6.61 Å². The van der Waals surface area contributed by atoms with Crippen molar-refractivity contribution in [3.05, 3.63) is 59.1 Å². The minimum absolute atomic E-state index is 0.476. The van der Waals surface area contributed by atoms with E-state index >= 15 is 0 Å². The molecule has 100 valence electrons. The molecule has 0 aliphatic rings. The van der Waals surface area contributed by atoms with Gasteiger partial charge in [-0.25, -0.2) is 4.98 Å². The van der Waals surface area contributed by atoms with Gasteiger partial charge in [0.2, 0.25) is 0 Å². The summed E-state index contributed by atoms with van der Waals surface area (Å²) in [6.07, 6.45) is 1.59. The van der Waals surface area contributed by atoms with Crippen molar-refractivity contribution in [1.29, 1.82) is 0 Å². The molecule has 5 heteroatoms. The first-order valence-electron chi connectivity index (χ1n) is 6.16. The van der Waals surface area contributed by atoms with Crippen LogP contribution >= 0.6 is 11.3 Å². The van der Waals surface area contributed by atoms with Crippen LogP contribution in [0.2, 0.25) is 0 Å². The van der Waals surface area contributed by atoms with E-state index in [4.69, 9.17) is 10.6 Å². The molecule has 1 aromatic heterocycles. The molecule has 0 fully saturated rings. The summed E-state index contributed by atoms with van der Waals surface area (Å²) in [5.74, 6) is 5.91. The summed E-state index contributed by atoms with van der Waals surface area (Å²) in [4.78, 5) is 4.53. The molecule has 0 saturated heterocycles. The molecule has 20 heavy (non-hydrogen) atoms. The Kier molecular flexibility index (Phi) is 3.60. The lowest BCUT2D eigenvalue weighted by atomic mass is 10.2. The molecule has 0 radical (unpaired) electrons. The topological polar surface area (TPSA) is 60.5 Å². The molecule has 0 atom stereocenters. The lowest BCUT2D eigenvalue weighted by molar-refractivity contribution is 0.306. The van der Waals surface area contributed by atoms with Crippen molar-refractivity contribution in [2.24, 2.45) is 10.9 Å². The van der Waals surface area contributed by atoms with Crippen LogP contribution in [-0.4, -0.2) is 11.2 Å². The summed E-state index contributed by atoms with van der Waals surface area (Å²) in [6.45, 7) is 0.476. The SMILES string of the molecule is NN=Cc1ccc(OCc2nc3ccccc3s2)cc1. The van der Waals surface area contributed by atoms with Crippen LogP contribution in [0.1, 0.15) is 10.6 Å². The maximum absolute atomic E-state index is 5.73. The second-order valence-electron chi connectivity index (χ2n) is 4.21. The second kappa shape index (κ2) is 5.71. The molecule has 1 heterocycles. The van der Waals surface area contributed by atoms with Crippen LogP contribution < -0.4 is 10.6 Å². The number of benzene rings is 2. The number of para-hydroxylation sites is 1. The Labute approximate surface area is 120 Å². The molecule has 0 bridgehead atoms. The molecule has 4 nitrogen and oxygen atoms in total. The number of rotatable bonds is 4. The minimum atomic E-state index is 0.476. The Morgan fingerprint density at radius 1 is 1.15 bits per heavy atom. The molecule has 0 unspecified atom stereocenters. The van der Waals surface area contributed by atoms with Crippen molar-refractivity contribution >= 4 is 27.8 Å². The number of hydrazone groups is 1. The summed E-state index contributed by atoms with van der Waals surface area (Å²) in [6, 6.07) is 15.7. The van der Waals surface area contributed by atoms with Crippen molar-refractivity contribution in [2.75, 3.05) is 0 Å². The first-order chi connectivity index (χ1) is 9.85. The molecule has 0 aliphatic carbocycles. The van der Waals surface area contributed by atoms with Crippen molar-refractivity contribution in [3.8, 4) is 5.75 Å². The number of ether oxygens (including phenoxy) is 1. The highest BCUT2D eigenvalue weighted by atomic mass is 32.1. The average molecular weight is 283 g/mol. The maximum Gasteiger partial charge on any atom is 0.140 e. The molecule has 0 spiro atoms. The van der Waals surface area contributed by atoms with Crippen LogP contribution in [0.3, 0.4) is 0 Å². The fraction of sp³-hybridized carbons (Fsp3) is 0.0667. The van der Waals surface area contributed by atoms with Gasteiger partial charge < -0.3 is 10.6 Å². The van der Waals surface area contributed by atoms with E-state index in [1.165, 1.54) is 4.70 Å². The highest BCUT2D eigenvalue weighted by molar-refractivity contribution is 7.18. The maximum atomic E-state index is 5.73. The molecule has 0 amide bonds. The summed E-state index contributed by atoms with van der Waals surface area (Å²) in [5.41, 5.74) is 1.96. The number of nitrogens with zero attached hydrogens (tertiary/aromatic N) is 2. The van der Waals surface area contributed by atoms with E-state index in [2.05, 4.69) is 16.2 Å². The van der Waals surface area contributed by atoms with Gasteiger partial charge in [0.15, 0.2) is 0 Å². The zero-order valence-corrected chi connectivity index (χ0v) is 11.5. The molecule has 0 saturated carbocycles. The fourth-order valence-corrected chi connectivity index (χ4v) is 2.74. The number of thiazole rings is 1. The Hall–Kier alpha value is -2.40. The lowest BCUT2D eigenvalue weighted by Crippen LogP contribution is -1.94. The standard InChI is InChI=1S/C15H13N3OS/c16-17-9-11-5-7-12(8-6-11)19-10-15-18-13-3-1-2-4-14(13)20-15/h1-9H,10,16H2. The van der Waals surface area contributed by atoms with Crippen LogP contribution in [0.25, 0.3) is 10.2 Å². The third-order valence-corrected chi connectivity index (χ3v) is 3.81. The normalized spacial score (nSPS) is 11.2. The Balaban J connectivity index is 1.69. The van der Waals surface area contributed by atoms with Crippen LogP contribution in [0.15, 0.2) is 53.6 Å². The Morgan fingerprint density at radius 3 is 2.70 bits per heavy atom. The van der Waals surface area contributed by atoms with Gasteiger partial charge in [-0.15, -0.1) is 11.3 Å². The Morgan fingerprint density at radius 2 is 1.95 bits per heavy atom. The van der Waals surface area contributed by atoms with E-state index < -0.39 is 0 Å². The first-order valence-corrected chi connectivity index (χ1v) is 6.97. The quantitative estimate of drug-likeness (QED) is 0.454. The van der Waals surface area contributed by atoms with E-state index in [-0.39, 0.29) is 0 Å². The molecule has 0 aliphatic heterocycles. The lowest BCUT2D eigenvalue weighted by Gasteiger charge is -2.03. The van der Waals surface area contributed by atoms with Crippen LogP contribution in [-0.2, 0) is 6.61 Å². The minimum Gasteiger partial charge on any atom is -0.486 e. The number of aromatic nitrogens is 1. The first kappa shape index (κ1) is 12.6. The van der Waals surface area contributed by atoms with E-state index in [1.54, 1.807) is 17.6 Å². The van der Waals surface area contributed by atoms with E-state index in [1.807, 2.05) is 42.5 Å². The highest BCUT2D eigenvalue weighted by Gasteiger charge is 2.03. The molecule has 2 aromatic carbocycles. The van der Waals surface area contributed by atoms with Crippen LogP contribution in [0.4, 0.5) is 0 Å². The molecule has 3 aromatic rings. The van der Waals surface area contributed by atoms with Gasteiger partial charge in [0, 0.05) is 0 Å². The summed E-state index contributed by atoms with van der Waals surface area (Å²) < 4.78 is 6.91. The van der Waals surface area contributed by atoms with Crippen molar-refractivity contribution in [1.82, 2.24) is 4.98 Å². The second-order valence-corrected chi connectivity index (χ2v) is 5.33. The van der Waals surface area contributed by atoms with Gasteiger partial charge in [0.25, 0.3) is 0 Å². The number of hydrogen-bond acceptors (Lipinski definition) is 5. The van der Waals surface area contributed by atoms with E-state index in [9.17, 15) is 0 Å². The van der Waals surface area contributed by atoms with Crippen molar-refractivity contribution in [3.63, 3.8) is 0 Å². The van der Waals surface area contributed by atoms with Gasteiger partial charge in [-0.2, -0.15) is 5.10 Å². The van der Waals surface area contributed by atoms with Crippen molar-refractivity contribution < 1.29 is 4.74 Å². The van der Waals surface area contributed by atoms with Gasteiger partial charge >= 0.3 is 0 Å². The summed E-state index contributed by atoms with van der Waals surface area (Å²) >= 11 is 1.65. The molecule has 2 N–H and O–H groups in total. The summed E-state index contributed by atoms with van der Waals surface area (Å²) in [5, 5.41) is 4.45. The highest BCUT2D eigenvalue weighted by Crippen LogP contribution is 2.23. The van der Waals surface area contributed by atoms with Crippen molar-refractivity contribution in [2.45, 2.75) is 6.61 Å². The largest absolute Gasteiger partial charge is 0.486 e. The predicted molar refractivity (Wildman–Crippen MR) is 82.2 cm³/mol. The fourth-order valence-electron chi connectivity index (χ4n) is 1.86. The zero-order chi connectivity index (χ0) is 13.8. The third-order valence-electron chi connectivity index (χ3n) is 2.80. The van der Waals surface area contributed by atoms with Gasteiger partial charge in [0.05, 0.1) is 16.4 Å². The number of nitrogens with two attached hydrogens (primary N) is 1. The van der Waals surface area contributed by atoms with E-state index in [0.717, 1.165) is 21.8 Å². The predicted octanol–water partition coefficient (Wildman–Crippen LogP) is 3.17. The molecular formula is C15H13N3OS. The monoisotopic (exact) mass is 283 g/mol. The summed E-state index contributed by atoms with van der Waals surface area (Å²) in [7, 11) is 0. The van der Waals surface area contributed by atoms with Crippen LogP contribution in [0.5, 0.6) is 5.75 Å². The zero-order valence-electron chi connectivity index (χ0n) is 10.7. The molecular weight excluding hydrogens is 270 g/mol. The third kappa shape index (κ3) is 2.78. The number of fused-ring (bicyclic) bond motifs is 1. The Bertz CT molecular complexity index is 701. The van der Waals surface area contributed by atoms with Crippen LogP contribution in [0, 0.1) is 0 Å². The van der Waals surface area contributed by atoms with Gasteiger partial charge in [-0.3, -0.25) is 0 Å². The average Bonchev–Trinajstić information content (AvgIpc) is 2.90. The molecule has 3 rings (SSSR count). The number of hydrogen-bond donors (Lipinski definition) is 1. The smallest absolute Gasteiger partial charge is 0.140 e. The van der Waals surface area contributed by atoms with Gasteiger partial charge in [-0.1, -0.05) is 12.1 Å². The van der Waals surface area contributed by atoms with Gasteiger partial charge in [0.1, 0.15) is 17.4 Å².